The lowest BCUT2D eigenvalue weighted by molar-refractivity contribution is 0.567. The van der Waals surface area contributed by atoms with Crippen LogP contribution in [-0.2, 0) is 4.79 Å². The molecule has 0 aromatic carbocycles. The van der Waals surface area contributed by atoms with E-state index in [4.69, 9.17) is 5.73 Å². The number of aromatic nitrogens is 3. The molecular formula is C9H8N4O. The van der Waals surface area contributed by atoms with Crippen LogP contribution >= 0.6 is 0 Å². The van der Waals surface area contributed by atoms with Gasteiger partial charge >= 0.3 is 0 Å². The van der Waals surface area contributed by atoms with Gasteiger partial charge in [-0.1, -0.05) is 6.08 Å². The molecule has 3 N–H and O–H groups in total. The summed E-state index contributed by atoms with van der Waals surface area (Å²) in [6, 6.07) is 0. The topological polar surface area (TPSA) is 84.7 Å². The van der Waals surface area contributed by atoms with E-state index in [9.17, 15) is 4.79 Å². The smallest absolute Gasteiger partial charge is 0.128 e. The van der Waals surface area contributed by atoms with Gasteiger partial charge in [0.15, 0.2) is 0 Å². The lowest BCUT2D eigenvalue weighted by Gasteiger charge is -2.09. The van der Waals surface area contributed by atoms with Crippen LogP contribution in [0.4, 0.5) is 0 Å². The van der Waals surface area contributed by atoms with Crippen molar-refractivity contribution in [2.24, 2.45) is 5.73 Å². The molecule has 0 unspecified atom stereocenters. The molecule has 5 nitrogen and oxygen atoms in total. The van der Waals surface area contributed by atoms with Crippen molar-refractivity contribution in [2.75, 3.05) is 0 Å². The van der Waals surface area contributed by atoms with Crippen LogP contribution < -0.4 is 5.73 Å². The van der Waals surface area contributed by atoms with Crippen LogP contribution in [0.1, 0.15) is 12.1 Å². The monoisotopic (exact) mass is 188 g/mol. The van der Waals surface area contributed by atoms with Gasteiger partial charge in [0.25, 0.3) is 0 Å². The first-order chi connectivity index (χ1) is 6.81. The van der Waals surface area contributed by atoms with Crippen molar-refractivity contribution in [2.45, 2.75) is 6.42 Å². The van der Waals surface area contributed by atoms with E-state index in [-0.39, 0.29) is 0 Å². The van der Waals surface area contributed by atoms with Crippen LogP contribution in [0.2, 0.25) is 0 Å². The predicted octanol–water partition coefficient (Wildman–Crippen LogP) is 0.192. The van der Waals surface area contributed by atoms with Gasteiger partial charge in [0.2, 0.25) is 0 Å². The van der Waals surface area contributed by atoms with Crippen LogP contribution in [0, 0.1) is 0 Å². The summed E-state index contributed by atoms with van der Waals surface area (Å²) in [7, 11) is 0. The summed E-state index contributed by atoms with van der Waals surface area (Å²) in [5.74, 6) is 1.85. The average Bonchev–Trinajstić information content (AvgIpc) is 2.71. The molecule has 1 heterocycles. The Morgan fingerprint density at radius 1 is 1.57 bits per heavy atom. The highest BCUT2D eigenvalue weighted by Gasteiger charge is 2.12. The summed E-state index contributed by atoms with van der Waals surface area (Å²) >= 11 is 0. The third-order valence-electron chi connectivity index (χ3n) is 1.99. The molecule has 14 heavy (non-hydrogen) atoms. The molecule has 1 aromatic heterocycles. The van der Waals surface area contributed by atoms with Gasteiger partial charge in [-0.2, -0.15) is 15.4 Å². The molecule has 0 spiro atoms. The zero-order valence-electron chi connectivity index (χ0n) is 7.32. The fourth-order valence-electron chi connectivity index (χ4n) is 1.27. The summed E-state index contributed by atoms with van der Waals surface area (Å²) in [6.07, 6.45) is 5.53. The minimum absolute atomic E-state index is 0.524. The van der Waals surface area contributed by atoms with Gasteiger partial charge in [-0.15, -0.1) is 0 Å². The Morgan fingerprint density at radius 3 is 3.07 bits per heavy atom. The lowest BCUT2D eigenvalue weighted by Crippen LogP contribution is -2.05. The highest BCUT2D eigenvalue weighted by Crippen LogP contribution is 2.24. The van der Waals surface area contributed by atoms with Gasteiger partial charge < -0.3 is 5.73 Å². The van der Waals surface area contributed by atoms with Gasteiger partial charge in [0, 0.05) is 23.3 Å². The van der Waals surface area contributed by atoms with Crippen LogP contribution in [0.15, 0.2) is 29.6 Å². The minimum Gasteiger partial charge on any atom is -0.398 e. The zero-order chi connectivity index (χ0) is 9.97. The van der Waals surface area contributed by atoms with Crippen molar-refractivity contribution in [1.82, 2.24) is 15.4 Å². The Kier molecular flexibility index (Phi) is 2.01. The largest absolute Gasteiger partial charge is 0.398 e. The summed E-state index contributed by atoms with van der Waals surface area (Å²) < 4.78 is 0. The van der Waals surface area contributed by atoms with E-state index in [1.807, 2.05) is 5.94 Å². The Morgan fingerprint density at radius 2 is 2.43 bits per heavy atom. The van der Waals surface area contributed by atoms with Gasteiger partial charge in [-0.05, 0) is 6.08 Å². The maximum atomic E-state index is 10.5. The van der Waals surface area contributed by atoms with E-state index in [0.29, 0.717) is 29.0 Å². The maximum absolute atomic E-state index is 10.5. The van der Waals surface area contributed by atoms with Crippen LogP contribution in [0.3, 0.4) is 0 Å². The highest BCUT2D eigenvalue weighted by molar-refractivity contribution is 5.82. The summed E-state index contributed by atoms with van der Waals surface area (Å²) in [5, 5.41) is 10.1. The number of allylic oxidation sites excluding steroid dienone is 4. The van der Waals surface area contributed by atoms with Gasteiger partial charge in [0.1, 0.15) is 11.6 Å². The second-order valence-corrected chi connectivity index (χ2v) is 2.90. The van der Waals surface area contributed by atoms with Gasteiger partial charge in [-0.3, -0.25) is 0 Å². The highest BCUT2D eigenvalue weighted by atomic mass is 16.1. The standard InChI is InChI=1S/C9H8N4O/c10-8-2-1-6(5-14)3-7(8)9-4-11-13-12-9/h2-4H,1,10H2,(H,11,12,13). The Balaban J connectivity index is 2.47. The maximum Gasteiger partial charge on any atom is 0.128 e. The molecule has 0 bridgehead atoms. The molecule has 0 saturated heterocycles. The summed E-state index contributed by atoms with van der Waals surface area (Å²) in [6.45, 7) is 0. The Labute approximate surface area is 80.0 Å². The van der Waals surface area contributed by atoms with Crippen LogP contribution in [0.25, 0.3) is 5.57 Å². The normalized spacial score (nSPS) is 15.9. The van der Waals surface area contributed by atoms with Crippen molar-refractivity contribution in [3.05, 3.63) is 35.3 Å². The molecule has 0 atom stereocenters. The number of carbonyl (C=O) groups excluding carboxylic acids is 1. The molecule has 0 radical (unpaired) electrons. The fraction of sp³-hybridized carbons (Fsp3) is 0.111. The van der Waals surface area contributed by atoms with E-state index in [2.05, 4.69) is 15.4 Å². The van der Waals surface area contributed by atoms with Gasteiger partial charge in [0.05, 0.1) is 6.20 Å². The number of hydrogen-bond acceptors (Lipinski definition) is 4. The lowest BCUT2D eigenvalue weighted by atomic mass is 9.98. The summed E-state index contributed by atoms with van der Waals surface area (Å²) in [4.78, 5) is 10.5. The zero-order valence-corrected chi connectivity index (χ0v) is 7.32. The molecule has 70 valence electrons. The first-order valence-corrected chi connectivity index (χ1v) is 4.09. The van der Waals surface area contributed by atoms with E-state index in [1.54, 1.807) is 18.3 Å². The number of rotatable bonds is 1. The predicted molar refractivity (Wildman–Crippen MR) is 50.5 cm³/mol. The van der Waals surface area contributed by atoms with E-state index >= 15 is 0 Å². The average molecular weight is 188 g/mol. The van der Waals surface area contributed by atoms with E-state index in [0.717, 1.165) is 0 Å². The number of H-pyrrole nitrogens is 1. The van der Waals surface area contributed by atoms with Crippen LogP contribution in [-0.4, -0.2) is 21.4 Å². The molecule has 1 aliphatic carbocycles. The van der Waals surface area contributed by atoms with Crippen LogP contribution in [0.5, 0.6) is 0 Å². The van der Waals surface area contributed by atoms with E-state index in [1.165, 1.54) is 0 Å². The molecule has 0 aliphatic heterocycles. The molecule has 2 rings (SSSR count). The third kappa shape index (κ3) is 1.36. The van der Waals surface area contributed by atoms with Crippen molar-refractivity contribution < 1.29 is 4.79 Å². The van der Waals surface area contributed by atoms with Crippen molar-refractivity contribution in [1.29, 1.82) is 0 Å². The quantitative estimate of drug-likeness (QED) is 0.616. The summed E-state index contributed by atoms with van der Waals surface area (Å²) in [5.41, 5.74) is 8.27. The number of nitrogens with zero attached hydrogens (tertiary/aromatic N) is 2. The molecule has 1 aliphatic rings. The molecular weight excluding hydrogens is 180 g/mol. The number of hydrogen-bond donors (Lipinski definition) is 2. The first kappa shape index (κ1) is 8.47. The fourth-order valence-corrected chi connectivity index (χ4v) is 1.27. The second kappa shape index (κ2) is 3.32. The van der Waals surface area contributed by atoms with Crippen molar-refractivity contribution in [3.8, 4) is 0 Å². The molecule has 0 amide bonds. The van der Waals surface area contributed by atoms with Gasteiger partial charge in [-0.25, -0.2) is 4.79 Å². The molecule has 0 fully saturated rings. The number of aromatic amines is 1. The SMILES string of the molecule is NC1=CCC(=C=O)C=C1c1cn[nH]n1. The minimum atomic E-state index is 0.524. The molecule has 1 aromatic rings. The third-order valence-corrected chi connectivity index (χ3v) is 1.99. The molecule has 5 heteroatoms. The second-order valence-electron chi connectivity index (χ2n) is 2.90. The molecule has 0 saturated carbocycles. The number of nitrogens with two attached hydrogens (primary N) is 1. The Bertz CT molecular complexity index is 449. The van der Waals surface area contributed by atoms with E-state index < -0.39 is 0 Å². The Hall–Kier alpha value is -2.13. The van der Waals surface area contributed by atoms with Crippen molar-refractivity contribution in [3.63, 3.8) is 0 Å². The first-order valence-electron chi connectivity index (χ1n) is 4.09. The number of nitrogens with one attached hydrogen (secondary N) is 1. The van der Waals surface area contributed by atoms with Crippen molar-refractivity contribution >= 4 is 11.5 Å².